The van der Waals surface area contributed by atoms with Gasteiger partial charge in [0, 0.05) is 13.1 Å². The summed E-state index contributed by atoms with van der Waals surface area (Å²) in [7, 11) is 0. The van der Waals surface area contributed by atoms with Crippen LogP contribution in [0.2, 0.25) is 0 Å². The van der Waals surface area contributed by atoms with Crippen molar-refractivity contribution in [1.82, 2.24) is 0 Å². The van der Waals surface area contributed by atoms with Crippen molar-refractivity contribution in [2.75, 3.05) is 18.0 Å². The van der Waals surface area contributed by atoms with E-state index in [0.29, 0.717) is 18.8 Å². The molecule has 0 aliphatic heterocycles. The molecule has 0 saturated carbocycles. The molecule has 1 rings (SSSR count). The smallest absolute Gasteiger partial charge is 0.308 e. The van der Waals surface area contributed by atoms with E-state index in [1.54, 1.807) is 25.1 Å². The molecule has 0 amide bonds. The van der Waals surface area contributed by atoms with Crippen LogP contribution >= 0.6 is 0 Å². The summed E-state index contributed by atoms with van der Waals surface area (Å²) in [6.07, 6.45) is 4.34. The Kier molecular flexibility index (Phi) is 7.05. The number of carboxylic acid groups (broad SMARTS) is 1. The number of hydrogen-bond donors (Lipinski definition) is 1. The molecule has 1 aromatic carbocycles. The lowest BCUT2D eigenvalue weighted by molar-refractivity contribution is -0.140. The lowest BCUT2D eigenvalue weighted by Crippen LogP contribution is -2.33. The molecule has 0 radical (unpaired) electrons. The zero-order chi connectivity index (χ0) is 15.0. The fourth-order valence-corrected chi connectivity index (χ4v) is 2.16. The van der Waals surface area contributed by atoms with Crippen molar-refractivity contribution in [2.24, 2.45) is 5.92 Å². The fourth-order valence-electron chi connectivity index (χ4n) is 2.16. The average Bonchev–Trinajstić information content (AvgIpc) is 2.42. The highest BCUT2D eigenvalue weighted by molar-refractivity contribution is 5.70. The molecule has 0 saturated heterocycles. The number of benzene rings is 1. The van der Waals surface area contributed by atoms with Crippen molar-refractivity contribution in [3.63, 3.8) is 0 Å². The van der Waals surface area contributed by atoms with E-state index in [9.17, 15) is 9.18 Å². The molecule has 20 heavy (non-hydrogen) atoms. The van der Waals surface area contributed by atoms with E-state index in [0.717, 1.165) is 25.7 Å². The van der Waals surface area contributed by atoms with E-state index in [4.69, 9.17) is 5.11 Å². The Morgan fingerprint density at radius 1 is 1.30 bits per heavy atom. The van der Waals surface area contributed by atoms with Crippen LogP contribution in [-0.2, 0) is 4.79 Å². The quantitative estimate of drug-likeness (QED) is 0.697. The first-order valence-electron chi connectivity index (χ1n) is 7.28. The van der Waals surface area contributed by atoms with Crippen LogP contribution in [0.15, 0.2) is 24.3 Å². The summed E-state index contributed by atoms with van der Waals surface area (Å²) in [5.74, 6) is -1.65. The topological polar surface area (TPSA) is 40.5 Å². The first-order valence-corrected chi connectivity index (χ1v) is 7.28. The second-order valence-corrected chi connectivity index (χ2v) is 5.20. The molecular weight excluding hydrogens is 257 g/mol. The van der Waals surface area contributed by atoms with E-state index in [1.165, 1.54) is 6.07 Å². The first-order chi connectivity index (χ1) is 9.56. The number of para-hydroxylation sites is 1. The van der Waals surface area contributed by atoms with Gasteiger partial charge in [-0.1, -0.05) is 45.2 Å². The van der Waals surface area contributed by atoms with Crippen molar-refractivity contribution in [1.29, 1.82) is 0 Å². The van der Waals surface area contributed by atoms with Crippen LogP contribution in [0.3, 0.4) is 0 Å². The monoisotopic (exact) mass is 281 g/mol. The third-order valence-electron chi connectivity index (χ3n) is 3.39. The normalized spacial score (nSPS) is 12.2. The molecule has 0 spiro atoms. The van der Waals surface area contributed by atoms with Crippen LogP contribution < -0.4 is 4.90 Å². The number of halogens is 1. The Morgan fingerprint density at radius 3 is 2.60 bits per heavy atom. The Balaban J connectivity index is 2.73. The number of anilines is 1. The van der Waals surface area contributed by atoms with Crippen molar-refractivity contribution in [3.8, 4) is 0 Å². The Morgan fingerprint density at radius 2 is 2.00 bits per heavy atom. The van der Waals surface area contributed by atoms with E-state index in [2.05, 4.69) is 6.92 Å². The first kappa shape index (κ1) is 16.5. The lowest BCUT2D eigenvalue weighted by Gasteiger charge is -2.27. The molecule has 0 aliphatic carbocycles. The lowest BCUT2D eigenvalue weighted by atomic mass is 10.1. The SMILES string of the molecule is CCCCCCN(CC(C)C(=O)O)c1ccccc1F. The molecule has 0 aliphatic rings. The predicted molar refractivity (Wildman–Crippen MR) is 79.6 cm³/mol. The highest BCUT2D eigenvalue weighted by Gasteiger charge is 2.18. The third kappa shape index (κ3) is 5.19. The zero-order valence-corrected chi connectivity index (χ0v) is 12.3. The molecule has 0 heterocycles. The number of carboxylic acids is 1. The van der Waals surface area contributed by atoms with E-state index in [-0.39, 0.29) is 5.82 Å². The fraction of sp³-hybridized carbons (Fsp3) is 0.562. The maximum absolute atomic E-state index is 13.9. The molecule has 3 nitrogen and oxygen atoms in total. The summed E-state index contributed by atoms with van der Waals surface area (Å²) in [6, 6.07) is 6.56. The van der Waals surface area contributed by atoms with Gasteiger partial charge in [0.05, 0.1) is 11.6 Å². The van der Waals surface area contributed by atoms with Gasteiger partial charge in [0.1, 0.15) is 5.82 Å². The van der Waals surface area contributed by atoms with Gasteiger partial charge in [0.2, 0.25) is 0 Å². The molecular formula is C16H24FNO2. The maximum atomic E-state index is 13.9. The number of unbranched alkanes of at least 4 members (excludes halogenated alkanes) is 3. The van der Waals surface area contributed by atoms with Crippen LogP contribution in [-0.4, -0.2) is 24.2 Å². The Labute approximate surface area is 120 Å². The Bertz CT molecular complexity index is 423. The summed E-state index contributed by atoms with van der Waals surface area (Å²) in [5.41, 5.74) is 0.497. The number of rotatable bonds is 9. The summed E-state index contributed by atoms with van der Waals surface area (Å²) in [5, 5.41) is 9.04. The molecule has 1 aromatic rings. The maximum Gasteiger partial charge on any atom is 0.308 e. The van der Waals surface area contributed by atoms with E-state index >= 15 is 0 Å². The highest BCUT2D eigenvalue weighted by Crippen LogP contribution is 2.21. The predicted octanol–water partition coefficient (Wildman–Crippen LogP) is 3.93. The summed E-state index contributed by atoms with van der Waals surface area (Å²) in [6.45, 7) is 4.82. The van der Waals surface area contributed by atoms with Crippen molar-refractivity contribution in [2.45, 2.75) is 39.5 Å². The van der Waals surface area contributed by atoms with Gasteiger partial charge in [-0.2, -0.15) is 0 Å². The Hall–Kier alpha value is -1.58. The summed E-state index contributed by atoms with van der Waals surface area (Å²) >= 11 is 0. The van der Waals surface area contributed by atoms with E-state index < -0.39 is 11.9 Å². The zero-order valence-electron chi connectivity index (χ0n) is 12.3. The standard InChI is InChI=1S/C16H24FNO2/c1-3-4-5-8-11-18(12-13(2)16(19)20)15-10-7-6-9-14(15)17/h6-7,9-10,13H,3-5,8,11-12H2,1-2H3,(H,19,20). The largest absolute Gasteiger partial charge is 0.481 e. The third-order valence-corrected chi connectivity index (χ3v) is 3.39. The van der Waals surface area contributed by atoms with Crippen molar-refractivity contribution in [3.05, 3.63) is 30.1 Å². The van der Waals surface area contributed by atoms with Gasteiger partial charge in [-0.15, -0.1) is 0 Å². The molecule has 0 aromatic heterocycles. The molecule has 112 valence electrons. The number of carbonyl (C=O) groups is 1. The molecule has 1 N–H and O–H groups in total. The van der Waals surface area contributed by atoms with Gasteiger partial charge >= 0.3 is 5.97 Å². The number of aliphatic carboxylic acids is 1. The number of nitrogens with zero attached hydrogens (tertiary/aromatic N) is 1. The average molecular weight is 281 g/mol. The molecule has 4 heteroatoms. The summed E-state index contributed by atoms with van der Waals surface area (Å²) < 4.78 is 13.9. The van der Waals surface area contributed by atoms with Gasteiger partial charge in [-0.05, 0) is 18.6 Å². The number of hydrogen-bond acceptors (Lipinski definition) is 2. The van der Waals surface area contributed by atoms with Gasteiger partial charge < -0.3 is 10.0 Å². The minimum absolute atomic E-state index is 0.291. The highest BCUT2D eigenvalue weighted by atomic mass is 19.1. The minimum Gasteiger partial charge on any atom is -0.481 e. The molecule has 1 atom stereocenters. The molecule has 0 fully saturated rings. The van der Waals surface area contributed by atoms with Gasteiger partial charge in [0.25, 0.3) is 0 Å². The molecule has 1 unspecified atom stereocenters. The van der Waals surface area contributed by atoms with Crippen LogP contribution in [0.4, 0.5) is 10.1 Å². The van der Waals surface area contributed by atoms with E-state index in [1.807, 2.05) is 4.90 Å². The minimum atomic E-state index is -0.847. The summed E-state index contributed by atoms with van der Waals surface area (Å²) in [4.78, 5) is 12.9. The van der Waals surface area contributed by atoms with Crippen molar-refractivity contribution >= 4 is 11.7 Å². The van der Waals surface area contributed by atoms with Gasteiger partial charge in [-0.25, -0.2) is 4.39 Å². The molecule has 0 bridgehead atoms. The second-order valence-electron chi connectivity index (χ2n) is 5.20. The van der Waals surface area contributed by atoms with Crippen LogP contribution in [0, 0.1) is 11.7 Å². The van der Waals surface area contributed by atoms with Crippen molar-refractivity contribution < 1.29 is 14.3 Å². The van der Waals surface area contributed by atoms with Crippen LogP contribution in [0.25, 0.3) is 0 Å². The van der Waals surface area contributed by atoms with Gasteiger partial charge in [-0.3, -0.25) is 4.79 Å². The van der Waals surface area contributed by atoms with Crippen LogP contribution in [0.5, 0.6) is 0 Å². The second kappa shape index (κ2) is 8.56. The van der Waals surface area contributed by atoms with Crippen LogP contribution in [0.1, 0.15) is 39.5 Å². The van der Waals surface area contributed by atoms with Gasteiger partial charge in [0.15, 0.2) is 0 Å².